The number of hydrogen-bond donors (Lipinski definition) is 2. The van der Waals surface area contributed by atoms with Crippen molar-refractivity contribution in [2.45, 2.75) is 37.9 Å². The summed E-state index contributed by atoms with van der Waals surface area (Å²) in [4.78, 5) is 26.2. The molecule has 0 aliphatic carbocycles. The Labute approximate surface area is 159 Å². The second-order valence-electron chi connectivity index (χ2n) is 7.05. The highest BCUT2D eigenvalue weighted by Gasteiger charge is 2.31. The monoisotopic (exact) mass is 369 g/mol. The molecule has 3 rings (SSSR count). The van der Waals surface area contributed by atoms with Crippen LogP contribution in [-0.4, -0.2) is 59.2 Å². The fourth-order valence-electron chi connectivity index (χ4n) is 3.55. The van der Waals surface area contributed by atoms with Crippen LogP contribution in [0.3, 0.4) is 0 Å². The van der Waals surface area contributed by atoms with Gasteiger partial charge in [0.05, 0.1) is 18.3 Å². The summed E-state index contributed by atoms with van der Waals surface area (Å²) in [5.41, 5.74) is 1.70. The highest BCUT2D eigenvalue weighted by molar-refractivity contribution is 5.93. The topological polar surface area (TPSA) is 79.3 Å². The molecule has 2 amide bonds. The van der Waals surface area contributed by atoms with E-state index in [2.05, 4.69) is 20.6 Å². The number of likely N-dealkylation sites (tertiary alicyclic amines) is 1. The van der Waals surface area contributed by atoms with Crippen LogP contribution in [0.25, 0.3) is 0 Å². The van der Waals surface area contributed by atoms with E-state index in [1.165, 1.54) is 0 Å². The van der Waals surface area contributed by atoms with Gasteiger partial charge in [-0.25, -0.2) is 0 Å². The first kappa shape index (κ1) is 19.1. The molecule has 27 heavy (non-hydrogen) atoms. The minimum atomic E-state index is -0.113. The van der Waals surface area contributed by atoms with E-state index in [1.54, 1.807) is 24.1 Å². The zero-order valence-corrected chi connectivity index (χ0v) is 15.9. The molecule has 1 saturated heterocycles. The molecule has 7 nitrogen and oxygen atoms in total. The molecule has 0 bridgehead atoms. The Morgan fingerprint density at radius 2 is 1.93 bits per heavy atom. The number of benzene rings is 1. The van der Waals surface area contributed by atoms with Crippen molar-refractivity contribution in [1.82, 2.24) is 25.3 Å². The maximum Gasteiger partial charge on any atom is 0.254 e. The highest BCUT2D eigenvalue weighted by atomic mass is 16.2. The molecule has 2 aromatic rings. The lowest BCUT2D eigenvalue weighted by Gasteiger charge is -2.25. The molecule has 1 aromatic carbocycles. The van der Waals surface area contributed by atoms with E-state index in [4.69, 9.17) is 0 Å². The third-order valence-corrected chi connectivity index (χ3v) is 5.27. The minimum absolute atomic E-state index is 0.0577. The lowest BCUT2D eigenvalue weighted by molar-refractivity contribution is -0.121. The maximum atomic E-state index is 12.4. The van der Waals surface area contributed by atoms with E-state index in [0.29, 0.717) is 25.1 Å². The van der Waals surface area contributed by atoms with Gasteiger partial charge in [-0.1, -0.05) is 30.3 Å². The van der Waals surface area contributed by atoms with Crippen LogP contribution < -0.4 is 10.6 Å². The molecule has 0 radical (unpaired) electrons. The van der Waals surface area contributed by atoms with Gasteiger partial charge in [-0.05, 0) is 25.5 Å². The third kappa shape index (κ3) is 4.95. The van der Waals surface area contributed by atoms with Crippen LogP contribution in [-0.2, 0) is 11.3 Å². The van der Waals surface area contributed by atoms with E-state index in [9.17, 15) is 9.59 Å². The summed E-state index contributed by atoms with van der Waals surface area (Å²) in [6.07, 6.45) is 5.83. The van der Waals surface area contributed by atoms with Crippen LogP contribution in [0.5, 0.6) is 0 Å². The van der Waals surface area contributed by atoms with E-state index < -0.39 is 0 Å². The summed E-state index contributed by atoms with van der Waals surface area (Å²) in [7, 11) is 3.68. The van der Waals surface area contributed by atoms with Crippen LogP contribution in [0.4, 0.5) is 0 Å². The van der Waals surface area contributed by atoms with Crippen molar-refractivity contribution >= 4 is 11.8 Å². The predicted molar refractivity (Wildman–Crippen MR) is 103 cm³/mol. The van der Waals surface area contributed by atoms with Crippen molar-refractivity contribution in [2.75, 3.05) is 20.6 Å². The molecular weight excluding hydrogens is 342 g/mol. The molecule has 1 fully saturated rings. The van der Waals surface area contributed by atoms with Crippen molar-refractivity contribution in [3.05, 3.63) is 53.9 Å². The van der Waals surface area contributed by atoms with Gasteiger partial charge in [-0.3, -0.25) is 19.2 Å². The first-order valence-electron chi connectivity index (χ1n) is 9.34. The fraction of sp³-hybridized carbons (Fsp3) is 0.450. The van der Waals surface area contributed by atoms with Crippen molar-refractivity contribution in [3.8, 4) is 0 Å². The molecule has 7 heteroatoms. The number of carbonyl (C=O) groups excluding carboxylic acids is 2. The summed E-state index contributed by atoms with van der Waals surface area (Å²) < 4.78 is 1.77. The Hall–Kier alpha value is -2.67. The molecule has 144 valence electrons. The zero-order valence-electron chi connectivity index (χ0n) is 15.9. The SMILES string of the molecule is CNC(=O)C[C@H]1CC[C@@H](CNC(=O)c2cnn(Cc3ccccc3)c2)N1C. The maximum absolute atomic E-state index is 12.4. The van der Waals surface area contributed by atoms with Crippen LogP contribution >= 0.6 is 0 Å². The number of aromatic nitrogens is 2. The summed E-state index contributed by atoms with van der Waals surface area (Å²) in [6.45, 7) is 1.21. The Morgan fingerprint density at radius 1 is 1.19 bits per heavy atom. The van der Waals surface area contributed by atoms with Gasteiger partial charge < -0.3 is 10.6 Å². The molecule has 0 spiro atoms. The standard InChI is InChI=1S/C20H27N5O2/c1-21-19(26)10-17-8-9-18(24(17)2)12-22-20(27)16-11-23-25(14-16)13-15-6-4-3-5-7-15/h3-7,11,14,17-18H,8-10,12-13H2,1-2H3,(H,21,26)(H,22,27)/t17-,18+/m1/s1. The van der Waals surface area contributed by atoms with Gasteiger partial charge in [0.1, 0.15) is 0 Å². The average Bonchev–Trinajstić information content (AvgIpc) is 3.28. The number of amides is 2. The van der Waals surface area contributed by atoms with E-state index in [1.807, 2.05) is 37.4 Å². The number of hydrogen-bond acceptors (Lipinski definition) is 4. The molecule has 0 unspecified atom stereocenters. The van der Waals surface area contributed by atoms with Gasteiger partial charge in [-0.2, -0.15) is 5.10 Å². The minimum Gasteiger partial charge on any atom is -0.359 e. The normalized spacial score (nSPS) is 19.8. The van der Waals surface area contributed by atoms with Gasteiger partial charge in [-0.15, -0.1) is 0 Å². The lowest BCUT2D eigenvalue weighted by Crippen LogP contribution is -2.42. The van der Waals surface area contributed by atoms with Crippen molar-refractivity contribution < 1.29 is 9.59 Å². The Bertz CT molecular complexity index is 774. The average molecular weight is 369 g/mol. The molecule has 2 N–H and O–H groups in total. The Morgan fingerprint density at radius 3 is 2.67 bits per heavy atom. The smallest absolute Gasteiger partial charge is 0.254 e. The van der Waals surface area contributed by atoms with Gasteiger partial charge in [0.2, 0.25) is 5.91 Å². The van der Waals surface area contributed by atoms with E-state index in [-0.39, 0.29) is 23.9 Å². The third-order valence-electron chi connectivity index (χ3n) is 5.27. The summed E-state index contributed by atoms with van der Waals surface area (Å²) in [5.74, 6) is -0.0557. The summed E-state index contributed by atoms with van der Waals surface area (Å²) in [6, 6.07) is 10.5. The predicted octanol–water partition coefficient (Wildman–Crippen LogP) is 1.26. The molecule has 1 aromatic heterocycles. The Balaban J connectivity index is 1.49. The van der Waals surface area contributed by atoms with Gasteiger partial charge in [0.15, 0.2) is 0 Å². The summed E-state index contributed by atoms with van der Waals surface area (Å²) >= 11 is 0. The summed E-state index contributed by atoms with van der Waals surface area (Å²) in [5, 5.41) is 9.96. The number of nitrogens with zero attached hydrogens (tertiary/aromatic N) is 3. The lowest BCUT2D eigenvalue weighted by atomic mass is 10.1. The van der Waals surface area contributed by atoms with Gasteiger partial charge in [0.25, 0.3) is 5.91 Å². The van der Waals surface area contributed by atoms with Crippen molar-refractivity contribution in [3.63, 3.8) is 0 Å². The first-order chi connectivity index (χ1) is 13.1. The van der Waals surface area contributed by atoms with Crippen LogP contribution in [0.15, 0.2) is 42.7 Å². The number of likely N-dealkylation sites (N-methyl/N-ethyl adjacent to an activating group) is 1. The first-order valence-corrected chi connectivity index (χ1v) is 9.34. The van der Waals surface area contributed by atoms with Gasteiger partial charge in [0, 0.05) is 38.3 Å². The molecular formula is C20H27N5O2. The second kappa shape index (κ2) is 8.81. The van der Waals surface area contributed by atoms with Crippen LogP contribution in [0.2, 0.25) is 0 Å². The van der Waals surface area contributed by atoms with Crippen molar-refractivity contribution in [1.29, 1.82) is 0 Å². The van der Waals surface area contributed by atoms with Crippen LogP contribution in [0, 0.1) is 0 Å². The van der Waals surface area contributed by atoms with Crippen LogP contribution in [0.1, 0.15) is 35.2 Å². The fourth-order valence-corrected chi connectivity index (χ4v) is 3.55. The van der Waals surface area contributed by atoms with Crippen molar-refractivity contribution in [2.24, 2.45) is 0 Å². The number of carbonyl (C=O) groups is 2. The number of nitrogens with one attached hydrogen (secondary N) is 2. The zero-order chi connectivity index (χ0) is 19.2. The highest BCUT2D eigenvalue weighted by Crippen LogP contribution is 2.24. The van der Waals surface area contributed by atoms with E-state index >= 15 is 0 Å². The molecule has 0 saturated carbocycles. The molecule has 1 aliphatic heterocycles. The Kier molecular flexibility index (Phi) is 6.24. The quantitative estimate of drug-likeness (QED) is 0.770. The second-order valence-corrected chi connectivity index (χ2v) is 7.05. The number of rotatable bonds is 7. The largest absolute Gasteiger partial charge is 0.359 e. The molecule has 1 aliphatic rings. The molecule has 2 heterocycles. The van der Waals surface area contributed by atoms with Gasteiger partial charge >= 0.3 is 0 Å². The van der Waals surface area contributed by atoms with E-state index in [0.717, 1.165) is 18.4 Å². The molecule has 2 atom stereocenters.